The number of carbonyl (C=O) groups excluding carboxylic acids is 1. The van der Waals surface area contributed by atoms with Crippen LogP contribution in [0.4, 0.5) is 18.3 Å². The van der Waals surface area contributed by atoms with E-state index >= 15 is 0 Å². The molecule has 3 aromatic rings. The van der Waals surface area contributed by atoms with E-state index in [0.29, 0.717) is 11.3 Å². The van der Waals surface area contributed by atoms with Gasteiger partial charge in [0.25, 0.3) is 5.91 Å². The number of hydrogen-bond donors (Lipinski definition) is 1. The zero-order valence-electron chi connectivity index (χ0n) is 13.6. The van der Waals surface area contributed by atoms with Gasteiger partial charge in [0.05, 0.1) is 5.69 Å². The van der Waals surface area contributed by atoms with E-state index in [4.69, 9.17) is 4.74 Å². The first kappa shape index (κ1) is 17.9. The highest BCUT2D eigenvalue weighted by molar-refractivity contribution is 7.16. The summed E-state index contributed by atoms with van der Waals surface area (Å²) in [5, 5.41) is 2.82. The Bertz CT molecular complexity index is 959. The number of aryl methyl sites for hydroxylation is 1. The molecule has 0 saturated heterocycles. The Kier molecular flexibility index (Phi) is 5.22. The van der Waals surface area contributed by atoms with Crippen LogP contribution in [0.3, 0.4) is 0 Å². The number of aromatic nitrogens is 1. The maximum atomic E-state index is 13.4. The van der Waals surface area contributed by atoms with E-state index in [2.05, 4.69) is 10.3 Å². The van der Waals surface area contributed by atoms with Gasteiger partial charge in [-0.1, -0.05) is 12.1 Å². The number of rotatable bonds is 5. The molecule has 0 unspecified atom stereocenters. The van der Waals surface area contributed by atoms with Crippen molar-refractivity contribution in [2.24, 2.45) is 0 Å². The molecule has 1 heterocycles. The van der Waals surface area contributed by atoms with Gasteiger partial charge in [-0.3, -0.25) is 10.1 Å². The first-order valence-corrected chi connectivity index (χ1v) is 8.35. The summed E-state index contributed by atoms with van der Waals surface area (Å²) < 4.78 is 45.0. The average Bonchev–Trinajstić information content (AvgIpc) is 2.97. The minimum atomic E-state index is -0.973. The van der Waals surface area contributed by atoms with Crippen molar-refractivity contribution >= 4 is 22.4 Å². The van der Waals surface area contributed by atoms with Gasteiger partial charge in [0.1, 0.15) is 0 Å². The van der Waals surface area contributed by atoms with Crippen LogP contribution in [-0.2, 0) is 4.79 Å². The lowest BCUT2D eigenvalue weighted by molar-refractivity contribution is -0.118. The molecule has 4 nitrogen and oxygen atoms in total. The Labute approximate surface area is 151 Å². The number of halogens is 3. The van der Waals surface area contributed by atoms with Crippen LogP contribution in [0.15, 0.2) is 42.5 Å². The Morgan fingerprint density at radius 3 is 2.62 bits per heavy atom. The predicted octanol–water partition coefficient (Wildman–Crippen LogP) is 4.55. The Balaban J connectivity index is 1.68. The largest absolute Gasteiger partial charge is 0.481 e. The molecule has 0 fully saturated rings. The third-order valence-corrected chi connectivity index (χ3v) is 4.32. The van der Waals surface area contributed by atoms with Crippen molar-refractivity contribution in [1.82, 2.24) is 4.98 Å². The number of carbonyl (C=O) groups is 1. The average molecular weight is 378 g/mol. The maximum Gasteiger partial charge on any atom is 0.264 e. The summed E-state index contributed by atoms with van der Waals surface area (Å²) in [7, 11) is 0. The summed E-state index contributed by atoms with van der Waals surface area (Å²) in [5.41, 5.74) is 0.847. The standard InChI is InChI=1S/C18H13F3N2O2S/c1-10-17(11-6-7-12(19)14(21)8-11)23-18(26-10)22-16(24)9-25-15-5-3-2-4-13(15)20/h2-8H,9H2,1H3,(H,22,23,24). The van der Waals surface area contributed by atoms with Gasteiger partial charge in [0.15, 0.2) is 34.9 Å². The molecule has 1 aromatic heterocycles. The molecule has 0 aliphatic rings. The topological polar surface area (TPSA) is 51.2 Å². The van der Waals surface area contributed by atoms with E-state index in [1.165, 1.54) is 35.6 Å². The lowest BCUT2D eigenvalue weighted by atomic mass is 10.1. The number of amides is 1. The highest BCUT2D eigenvalue weighted by atomic mass is 32.1. The molecule has 0 aliphatic heterocycles. The summed E-state index contributed by atoms with van der Waals surface area (Å²) in [6.45, 7) is 1.36. The highest BCUT2D eigenvalue weighted by Gasteiger charge is 2.14. The van der Waals surface area contributed by atoms with Gasteiger partial charge in [-0.15, -0.1) is 11.3 Å². The molecule has 8 heteroatoms. The van der Waals surface area contributed by atoms with Gasteiger partial charge < -0.3 is 4.74 Å². The van der Waals surface area contributed by atoms with Gasteiger partial charge >= 0.3 is 0 Å². The number of hydrogen-bond acceptors (Lipinski definition) is 4. The molecular formula is C18H13F3N2O2S. The Morgan fingerprint density at radius 1 is 1.12 bits per heavy atom. The van der Waals surface area contributed by atoms with E-state index in [0.717, 1.165) is 17.0 Å². The summed E-state index contributed by atoms with van der Waals surface area (Å²) in [5.74, 6) is -3.02. The van der Waals surface area contributed by atoms with Crippen LogP contribution < -0.4 is 10.1 Å². The van der Waals surface area contributed by atoms with Gasteiger partial charge in [0.2, 0.25) is 0 Å². The Hall–Kier alpha value is -2.87. The lowest BCUT2D eigenvalue weighted by Gasteiger charge is -2.06. The van der Waals surface area contributed by atoms with Crippen LogP contribution in [0, 0.1) is 24.4 Å². The number of nitrogens with one attached hydrogen (secondary N) is 1. The van der Waals surface area contributed by atoms with E-state index in [1.54, 1.807) is 13.0 Å². The van der Waals surface area contributed by atoms with Crippen LogP contribution in [0.5, 0.6) is 5.75 Å². The van der Waals surface area contributed by atoms with E-state index in [1.807, 2.05) is 0 Å². The first-order chi connectivity index (χ1) is 12.4. The predicted molar refractivity (Wildman–Crippen MR) is 92.7 cm³/mol. The summed E-state index contributed by atoms with van der Waals surface area (Å²) in [4.78, 5) is 16.9. The molecule has 2 aromatic carbocycles. The monoisotopic (exact) mass is 378 g/mol. The minimum absolute atomic E-state index is 0.0274. The van der Waals surface area contributed by atoms with Gasteiger partial charge in [0, 0.05) is 10.4 Å². The van der Waals surface area contributed by atoms with Crippen molar-refractivity contribution in [3.05, 3.63) is 64.8 Å². The van der Waals surface area contributed by atoms with Crippen molar-refractivity contribution in [2.75, 3.05) is 11.9 Å². The number of thiazole rings is 1. The van der Waals surface area contributed by atoms with Crippen LogP contribution in [0.1, 0.15) is 4.88 Å². The van der Waals surface area contributed by atoms with Crippen molar-refractivity contribution < 1.29 is 22.7 Å². The van der Waals surface area contributed by atoms with Gasteiger partial charge in [-0.05, 0) is 37.3 Å². The van der Waals surface area contributed by atoms with Gasteiger partial charge in [-0.2, -0.15) is 0 Å². The molecule has 0 bridgehead atoms. The quantitative estimate of drug-likeness (QED) is 0.709. The molecule has 0 radical (unpaired) electrons. The van der Waals surface area contributed by atoms with Gasteiger partial charge in [-0.25, -0.2) is 18.2 Å². The van der Waals surface area contributed by atoms with Crippen LogP contribution in [-0.4, -0.2) is 17.5 Å². The highest BCUT2D eigenvalue weighted by Crippen LogP contribution is 2.31. The zero-order chi connectivity index (χ0) is 18.7. The summed E-state index contributed by atoms with van der Waals surface area (Å²) in [6.07, 6.45) is 0. The molecule has 26 heavy (non-hydrogen) atoms. The molecule has 0 spiro atoms. The summed E-state index contributed by atoms with van der Waals surface area (Å²) in [6, 6.07) is 9.22. The number of anilines is 1. The zero-order valence-corrected chi connectivity index (χ0v) is 14.4. The van der Waals surface area contributed by atoms with E-state index in [-0.39, 0.29) is 17.5 Å². The second-order valence-electron chi connectivity index (χ2n) is 5.32. The number of nitrogens with zero attached hydrogens (tertiary/aromatic N) is 1. The first-order valence-electron chi connectivity index (χ1n) is 7.54. The van der Waals surface area contributed by atoms with Crippen LogP contribution in [0.25, 0.3) is 11.3 Å². The fourth-order valence-electron chi connectivity index (χ4n) is 2.22. The molecule has 0 atom stereocenters. The third-order valence-electron chi connectivity index (χ3n) is 3.43. The minimum Gasteiger partial charge on any atom is -0.481 e. The second-order valence-corrected chi connectivity index (χ2v) is 6.52. The molecule has 134 valence electrons. The van der Waals surface area contributed by atoms with Crippen LogP contribution in [0.2, 0.25) is 0 Å². The third kappa shape index (κ3) is 4.02. The molecule has 3 rings (SSSR count). The number of ether oxygens (including phenoxy) is 1. The normalized spacial score (nSPS) is 10.6. The number of benzene rings is 2. The molecular weight excluding hydrogens is 365 g/mol. The molecule has 0 saturated carbocycles. The van der Waals surface area contributed by atoms with Crippen molar-refractivity contribution in [3.8, 4) is 17.0 Å². The Morgan fingerprint density at radius 2 is 1.88 bits per heavy atom. The molecule has 0 aliphatic carbocycles. The fourth-order valence-corrected chi connectivity index (χ4v) is 3.07. The van der Waals surface area contributed by atoms with Crippen molar-refractivity contribution in [1.29, 1.82) is 0 Å². The second kappa shape index (κ2) is 7.57. The SMILES string of the molecule is Cc1sc(NC(=O)COc2ccccc2F)nc1-c1ccc(F)c(F)c1. The lowest BCUT2D eigenvalue weighted by Crippen LogP contribution is -2.20. The van der Waals surface area contributed by atoms with Crippen LogP contribution >= 0.6 is 11.3 Å². The van der Waals surface area contributed by atoms with Crippen molar-refractivity contribution in [2.45, 2.75) is 6.92 Å². The number of para-hydroxylation sites is 1. The maximum absolute atomic E-state index is 13.4. The molecule has 1 N–H and O–H groups in total. The smallest absolute Gasteiger partial charge is 0.264 e. The van der Waals surface area contributed by atoms with E-state index < -0.39 is 23.4 Å². The molecule has 1 amide bonds. The van der Waals surface area contributed by atoms with Crippen molar-refractivity contribution in [3.63, 3.8) is 0 Å². The summed E-state index contributed by atoms with van der Waals surface area (Å²) >= 11 is 1.18. The fraction of sp³-hybridized carbons (Fsp3) is 0.111. The van der Waals surface area contributed by atoms with E-state index in [9.17, 15) is 18.0 Å².